The summed E-state index contributed by atoms with van der Waals surface area (Å²) in [6.07, 6.45) is 3.41. The van der Waals surface area contributed by atoms with Crippen LogP contribution in [0.25, 0.3) is 0 Å². The van der Waals surface area contributed by atoms with Gasteiger partial charge in [0.1, 0.15) is 11.6 Å². The van der Waals surface area contributed by atoms with E-state index in [0.717, 1.165) is 30.4 Å². The molecule has 0 saturated heterocycles. The number of para-hydroxylation sites is 1. The van der Waals surface area contributed by atoms with Crippen LogP contribution in [0.5, 0.6) is 5.75 Å². The Labute approximate surface area is 199 Å². The van der Waals surface area contributed by atoms with Crippen molar-refractivity contribution in [3.8, 4) is 5.75 Å². The molecule has 0 unspecified atom stereocenters. The van der Waals surface area contributed by atoms with Crippen LogP contribution in [0.15, 0.2) is 52.4 Å². The molecule has 0 atom stereocenters. The number of benzene rings is 2. The van der Waals surface area contributed by atoms with Crippen LogP contribution in [0.1, 0.15) is 36.8 Å². The molecule has 0 fully saturated rings. The van der Waals surface area contributed by atoms with Gasteiger partial charge in [-0.1, -0.05) is 30.7 Å². The molecule has 0 bridgehead atoms. The minimum absolute atomic E-state index is 0.00348. The predicted molar refractivity (Wildman–Crippen MR) is 129 cm³/mol. The van der Waals surface area contributed by atoms with Crippen LogP contribution in [0, 0.1) is 13.8 Å². The molecule has 2 aromatic rings. The van der Waals surface area contributed by atoms with Gasteiger partial charge >= 0.3 is 5.97 Å². The molecule has 0 aromatic heterocycles. The first kappa shape index (κ1) is 25.2. The number of rotatable bonds is 8. The van der Waals surface area contributed by atoms with Crippen molar-refractivity contribution in [2.45, 2.75) is 44.4 Å². The molecule has 0 aliphatic carbocycles. The number of carbonyl (C=O) groups is 2. The molecule has 9 nitrogen and oxygen atoms in total. The lowest BCUT2D eigenvalue weighted by Gasteiger charge is -2.12. The average Bonchev–Trinajstić information content (AvgIpc) is 3.06. The highest BCUT2D eigenvalue weighted by Crippen LogP contribution is 2.22. The van der Waals surface area contributed by atoms with E-state index in [1.54, 1.807) is 6.07 Å². The van der Waals surface area contributed by atoms with Crippen LogP contribution in [0.2, 0.25) is 0 Å². The molecule has 1 heterocycles. The van der Waals surface area contributed by atoms with Crippen molar-refractivity contribution in [1.82, 2.24) is 4.72 Å². The van der Waals surface area contributed by atoms with E-state index in [-0.39, 0.29) is 17.2 Å². The monoisotopic (exact) mass is 487 g/mol. The number of carbonyl (C=O) groups excluding carboxylic acids is 2. The molecule has 0 saturated carbocycles. The van der Waals surface area contributed by atoms with Crippen molar-refractivity contribution in [3.05, 3.63) is 53.6 Å². The number of aryl methyl sites for hydroxylation is 2. The molecule has 1 aliphatic heterocycles. The topological polar surface area (TPSA) is 123 Å². The van der Waals surface area contributed by atoms with Gasteiger partial charge in [0.2, 0.25) is 0 Å². The third kappa shape index (κ3) is 7.31. The number of aliphatic imine (C=N–C) groups is 1. The summed E-state index contributed by atoms with van der Waals surface area (Å²) in [5.74, 6) is -0.245. The lowest BCUT2D eigenvalue weighted by atomic mass is 10.1. The molecular formula is C24H29N3O6S. The Morgan fingerprint density at radius 1 is 1.00 bits per heavy atom. The second kappa shape index (κ2) is 11.6. The number of amidine groups is 1. The Kier molecular flexibility index (Phi) is 8.64. The maximum atomic E-state index is 12.7. The highest BCUT2D eigenvalue weighted by atomic mass is 32.2. The fraction of sp³-hybridized carbons (Fsp3) is 0.375. The van der Waals surface area contributed by atoms with Crippen molar-refractivity contribution >= 4 is 33.4 Å². The van der Waals surface area contributed by atoms with Crippen LogP contribution >= 0.6 is 0 Å². The number of ether oxygens (including phenoxy) is 2. The van der Waals surface area contributed by atoms with E-state index in [1.165, 1.54) is 18.2 Å². The van der Waals surface area contributed by atoms with Crippen molar-refractivity contribution in [3.63, 3.8) is 0 Å². The normalized spacial score (nSPS) is 13.9. The van der Waals surface area contributed by atoms with Gasteiger partial charge in [-0.25, -0.2) is 13.2 Å². The third-order valence-corrected chi connectivity index (χ3v) is 6.54. The van der Waals surface area contributed by atoms with Crippen molar-refractivity contribution < 1.29 is 27.5 Å². The predicted octanol–water partition coefficient (Wildman–Crippen LogP) is 3.11. The van der Waals surface area contributed by atoms with Gasteiger partial charge in [0.25, 0.3) is 15.9 Å². The highest BCUT2D eigenvalue weighted by Gasteiger charge is 2.18. The summed E-state index contributed by atoms with van der Waals surface area (Å²) in [4.78, 5) is 28.5. The van der Waals surface area contributed by atoms with E-state index < -0.39 is 28.5 Å². The fourth-order valence-electron chi connectivity index (χ4n) is 3.46. The Hall–Kier alpha value is -3.40. The number of nitrogens with zero attached hydrogens (tertiary/aromatic N) is 1. The van der Waals surface area contributed by atoms with Gasteiger partial charge in [-0.05, 0) is 56.0 Å². The van der Waals surface area contributed by atoms with Crippen molar-refractivity contribution in [2.24, 2.45) is 4.99 Å². The zero-order chi connectivity index (χ0) is 24.6. The lowest BCUT2D eigenvalue weighted by molar-refractivity contribution is -0.149. The minimum atomic E-state index is -3.83. The van der Waals surface area contributed by atoms with E-state index in [1.807, 2.05) is 32.0 Å². The van der Waals surface area contributed by atoms with Crippen LogP contribution < -0.4 is 14.8 Å². The molecule has 3 rings (SSSR count). The van der Waals surface area contributed by atoms with Gasteiger partial charge in [0.15, 0.2) is 13.2 Å². The highest BCUT2D eigenvalue weighted by molar-refractivity contribution is 7.90. The summed E-state index contributed by atoms with van der Waals surface area (Å²) >= 11 is 0. The quantitative estimate of drug-likeness (QED) is 0.552. The molecule has 0 radical (unpaired) electrons. The van der Waals surface area contributed by atoms with Gasteiger partial charge in [-0.2, -0.15) is 0 Å². The van der Waals surface area contributed by atoms with E-state index >= 15 is 0 Å². The molecule has 2 N–H and O–H groups in total. The molecular weight excluding hydrogens is 458 g/mol. The average molecular weight is 488 g/mol. The molecule has 0 spiro atoms. The third-order valence-electron chi connectivity index (χ3n) is 5.16. The Balaban J connectivity index is 1.51. The summed E-state index contributed by atoms with van der Waals surface area (Å²) < 4.78 is 38.4. The Morgan fingerprint density at radius 3 is 2.50 bits per heavy atom. The lowest BCUT2D eigenvalue weighted by Crippen LogP contribution is -2.30. The minimum Gasteiger partial charge on any atom is -0.481 e. The molecule has 1 amide bonds. The van der Waals surface area contributed by atoms with E-state index in [2.05, 4.69) is 15.0 Å². The first-order valence-electron chi connectivity index (χ1n) is 11.1. The maximum Gasteiger partial charge on any atom is 0.344 e. The van der Waals surface area contributed by atoms with Crippen molar-refractivity contribution in [1.29, 1.82) is 0 Å². The number of sulfonamides is 1. The summed E-state index contributed by atoms with van der Waals surface area (Å²) in [6, 6.07) is 11.5. The van der Waals surface area contributed by atoms with Crippen molar-refractivity contribution in [2.75, 3.05) is 25.1 Å². The number of esters is 1. The number of nitrogens with one attached hydrogen (secondary N) is 2. The molecule has 2 aromatic carbocycles. The van der Waals surface area contributed by atoms with E-state index in [4.69, 9.17) is 9.47 Å². The fourth-order valence-corrected chi connectivity index (χ4v) is 4.59. The number of amides is 1. The first-order chi connectivity index (χ1) is 16.2. The first-order valence-corrected chi connectivity index (χ1v) is 12.5. The summed E-state index contributed by atoms with van der Waals surface area (Å²) in [5, 5.41) is 2.54. The maximum absolute atomic E-state index is 12.7. The SMILES string of the molecule is Cc1cccc(C)c1OCC(=O)OCC(=O)Nc1cccc(S(=O)(=O)NC2=NCCCCC2)c1. The summed E-state index contributed by atoms with van der Waals surface area (Å²) in [6.45, 7) is 3.48. The molecule has 10 heteroatoms. The second-order valence-corrected chi connectivity index (χ2v) is 9.67. The van der Waals surface area contributed by atoms with Gasteiger partial charge in [0, 0.05) is 18.7 Å². The molecule has 182 valence electrons. The van der Waals surface area contributed by atoms with E-state index in [9.17, 15) is 18.0 Å². The number of anilines is 1. The number of hydrogen-bond donors (Lipinski definition) is 2. The number of hydrogen-bond acceptors (Lipinski definition) is 7. The van der Waals surface area contributed by atoms with Gasteiger partial charge in [-0.15, -0.1) is 0 Å². The van der Waals surface area contributed by atoms with Crippen LogP contribution in [0.3, 0.4) is 0 Å². The smallest absolute Gasteiger partial charge is 0.344 e. The van der Waals surface area contributed by atoms with Crippen LogP contribution in [-0.4, -0.2) is 45.9 Å². The second-order valence-electron chi connectivity index (χ2n) is 7.99. The van der Waals surface area contributed by atoms with Gasteiger partial charge < -0.3 is 14.8 Å². The van der Waals surface area contributed by atoms with E-state index in [0.29, 0.717) is 24.6 Å². The van der Waals surface area contributed by atoms with Crippen LogP contribution in [0.4, 0.5) is 5.69 Å². The summed E-state index contributed by atoms with van der Waals surface area (Å²) in [5.41, 5.74) is 2.04. The molecule has 34 heavy (non-hydrogen) atoms. The zero-order valence-corrected chi connectivity index (χ0v) is 20.1. The standard InChI is InChI=1S/C24H29N3O6S/c1-17-8-6-9-18(2)24(17)33-16-23(29)32-15-22(28)26-19-10-7-11-20(14-19)34(30,31)27-21-12-4-3-5-13-25-21/h6-11,14H,3-5,12-13,15-16H2,1-2H3,(H,25,27)(H,26,28). The van der Waals surface area contributed by atoms with Gasteiger partial charge in [0.05, 0.1) is 4.90 Å². The Bertz CT molecular complexity index is 1160. The van der Waals surface area contributed by atoms with Crippen LogP contribution in [-0.2, 0) is 24.3 Å². The largest absolute Gasteiger partial charge is 0.481 e. The Morgan fingerprint density at radius 2 is 1.74 bits per heavy atom. The zero-order valence-electron chi connectivity index (χ0n) is 19.3. The molecule has 1 aliphatic rings. The summed E-state index contributed by atoms with van der Waals surface area (Å²) in [7, 11) is -3.83. The van der Waals surface area contributed by atoms with Gasteiger partial charge in [-0.3, -0.25) is 14.5 Å².